The Labute approximate surface area is 190 Å². The number of rotatable bonds is 6. The lowest BCUT2D eigenvalue weighted by Crippen LogP contribution is -2.36. The smallest absolute Gasteiger partial charge is 0.257 e. The number of carbonyl (C=O) groups is 1. The summed E-state index contributed by atoms with van der Waals surface area (Å²) < 4.78 is 16.5. The van der Waals surface area contributed by atoms with Gasteiger partial charge in [0, 0.05) is 24.4 Å². The molecule has 33 heavy (non-hydrogen) atoms. The summed E-state index contributed by atoms with van der Waals surface area (Å²) in [7, 11) is 0. The summed E-state index contributed by atoms with van der Waals surface area (Å²) in [5, 5.41) is 15.9. The van der Waals surface area contributed by atoms with Crippen LogP contribution in [0.1, 0.15) is 27.3 Å². The molecule has 0 radical (unpaired) electrons. The number of hydrogen-bond donors (Lipinski definition) is 1. The van der Waals surface area contributed by atoms with E-state index >= 15 is 0 Å². The van der Waals surface area contributed by atoms with Gasteiger partial charge in [0.1, 0.15) is 23.7 Å². The van der Waals surface area contributed by atoms with Gasteiger partial charge in [-0.25, -0.2) is 4.63 Å². The molecular formula is C24H25N5O4. The average Bonchev–Trinajstić information content (AvgIpc) is 3.42. The fourth-order valence-corrected chi connectivity index (χ4v) is 4.17. The van der Waals surface area contributed by atoms with Crippen LogP contribution >= 0.6 is 0 Å². The molecule has 1 saturated heterocycles. The first-order valence-electron chi connectivity index (χ1n) is 11.0. The average molecular weight is 447 g/mol. The van der Waals surface area contributed by atoms with Crippen molar-refractivity contribution in [1.82, 2.24) is 25.4 Å². The first kappa shape index (κ1) is 21.1. The molecule has 0 saturated carbocycles. The van der Waals surface area contributed by atoms with Gasteiger partial charge in [0.15, 0.2) is 0 Å². The van der Waals surface area contributed by atoms with Crippen LogP contribution in [0.25, 0.3) is 10.9 Å². The van der Waals surface area contributed by atoms with Crippen LogP contribution in [0.4, 0.5) is 0 Å². The molecule has 1 atom stereocenters. The molecule has 1 aliphatic heterocycles. The van der Waals surface area contributed by atoms with Crippen LogP contribution in [-0.2, 0) is 17.8 Å². The van der Waals surface area contributed by atoms with Crippen LogP contribution in [0.2, 0.25) is 0 Å². The lowest BCUT2D eigenvalue weighted by Gasteiger charge is -2.25. The molecule has 1 N–H and O–H groups in total. The Morgan fingerprint density at radius 1 is 1.21 bits per heavy atom. The summed E-state index contributed by atoms with van der Waals surface area (Å²) in [4.78, 5) is 15.4. The minimum atomic E-state index is -0.0716. The molecule has 3 heterocycles. The van der Waals surface area contributed by atoms with Crippen LogP contribution < -0.4 is 4.74 Å². The zero-order valence-corrected chi connectivity index (χ0v) is 18.4. The van der Waals surface area contributed by atoms with Crippen molar-refractivity contribution in [3.8, 4) is 5.75 Å². The van der Waals surface area contributed by atoms with E-state index in [1.807, 2.05) is 35.4 Å². The molecule has 9 heteroatoms. The van der Waals surface area contributed by atoms with Gasteiger partial charge < -0.3 is 14.4 Å². The molecule has 9 nitrogen and oxygen atoms in total. The molecule has 2 aromatic heterocycles. The maximum Gasteiger partial charge on any atom is 0.257 e. The van der Waals surface area contributed by atoms with E-state index in [9.17, 15) is 4.79 Å². The molecule has 0 unspecified atom stereocenters. The number of hydrogen-bond acceptors (Lipinski definition) is 7. The standard InChI is InChI=1S/C24H25N5O4/c1-16-22(28-33-27-16)15-32-23-8-3-2-6-19(23)24(30)29-9-10-31-14-17(13-29)11-18-5-4-7-21-20(18)12-25-26-21/h2-8,12,17H,9-11,13-15H2,1H3,(H,25,26)/t17-/m0/s1. The highest BCUT2D eigenvalue weighted by atomic mass is 16.6. The van der Waals surface area contributed by atoms with Crippen molar-refractivity contribution in [1.29, 1.82) is 0 Å². The fraction of sp³-hybridized carbons (Fsp3) is 0.333. The second-order valence-electron chi connectivity index (χ2n) is 8.23. The number of nitrogens with one attached hydrogen (secondary N) is 1. The molecule has 1 amide bonds. The third-order valence-electron chi connectivity index (χ3n) is 5.94. The highest BCUT2D eigenvalue weighted by Gasteiger charge is 2.26. The summed E-state index contributed by atoms with van der Waals surface area (Å²) in [6.07, 6.45) is 2.65. The maximum atomic E-state index is 13.5. The second-order valence-corrected chi connectivity index (χ2v) is 8.23. The summed E-state index contributed by atoms with van der Waals surface area (Å²) in [5.74, 6) is 0.612. The van der Waals surface area contributed by atoms with E-state index in [2.05, 4.69) is 26.6 Å². The third kappa shape index (κ3) is 4.58. The number of nitrogens with zero attached hydrogens (tertiary/aromatic N) is 4. The highest BCUT2D eigenvalue weighted by Crippen LogP contribution is 2.25. The SMILES string of the molecule is Cc1nonc1COc1ccccc1C(=O)N1CCOC[C@@H](Cc2cccc3[nH]ncc23)C1. The number of aromatic nitrogens is 4. The molecule has 4 aromatic rings. The summed E-state index contributed by atoms with van der Waals surface area (Å²) in [5.41, 5.74) is 4.00. The minimum Gasteiger partial charge on any atom is -0.486 e. The molecule has 0 spiro atoms. The zero-order valence-electron chi connectivity index (χ0n) is 18.4. The Hall–Kier alpha value is -3.72. The van der Waals surface area contributed by atoms with Crippen molar-refractivity contribution >= 4 is 16.8 Å². The monoisotopic (exact) mass is 447 g/mol. The zero-order chi connectivity index (χ0) is 22.6. The molecule has 1 aliphatic rings. The summed E-state index contributed by atoms with van der Waals surface area (Å²) in [6, 6.07) is 13.4. The van der Waals surface area contributed by atoms with Crippen molar-refractivity contribution in [3.63, 3.8) is 0 Å². The molecule has 1 fully saturated rings. The van der Waals surface area contributed by atoms with E-state index in [-0.39, 0.29) is 18.4 Å². The Balaban J connectivity index is 1.32. The normalized spacial score (nSPS) is 16.6. The van der Waals surface area contributed by atoms with Crippen LogP contribution in [0.3, 0.4) is 0 Å². The number of H-pyrrole nitrogens is 1. The lowest BCUT2D eigenvalue weighted by atomic mass is 9.97. The predicted molar refractivity (Wildman–Crippen MR) is 120 cm³/mol. The maximum absolute atomic E-state index is 13.5. The van der Waals surface area contributed by atoms with Crippen molar-refractivity contribution in [2.75, 3.05) is 26.3 Å². The highest BCUT2D eigenvalue weighted by molar-refractivity contribution is 5.97. The topological polar surface area (TPSA) is 106 Å². The molecule has 2 aromatic carbocycles. The van der Waals surface area contributed by atoms with Crippen molar-refractivity contribution in [3.05, 3.63) is 71.2 Å². The number of ether oxygens (including phenoxy) is 2. The predicted octanol–water partition coefficient (Wildman–Crippen LogP) is 3.16. The number of carbonyl (C=O) groups excluding carboxylic acids is 1. The Morgan fingerprint density at radius 3 is 3.00 bits per heavy atom. The number of benzene rings is 2. The minimum absolute atomic E-state index is 0.0716. The Kier molecular flexibility index (Phi) is 6.03. The van der Waals surface area contributed by atoms with E-state index in [4.69, 9.17) is 14.1 Å². The van der Waals surface area contributed by atoms with Crippen LogP contribution in [0.15, 0.2) is 53.3 Å². The van der Waals surface area contributed by atoms with Gasteiger partial charge in [-0.2, -0.15) is 5.10 Å². The molecular weight excluding hydrogens is 422 g/mol. The van der Waals surface area contributed by atoms with Crippen LogP contribution in [0.5, 0.6) is 5.75 Å². The van der Waals surface area contributed by atoms with Gasteiger partial charge in [-0.15, -0.1) is 0 Å². The third-order valence-corrected chi connectivity index (χ3v) is 5.94. The van der Waals surface area contributed by atoms with E-state index in [0.29, 0.717) is 49.0 Å². The van der Waals surface area contributed by atoms with Crippen LogP contribution in [0, 0.1) is 12.8 Å². The number of aromatic amines is 1. The molecule has 170 valence electrons. The summed E-state index contributed by atoms with van der Waals surface area (Å²) >= 11 is 0. The van der Waals surface area contributed by atoms with E-state index < -0.39 is 0 Å². The second kappa shape index (κ2) is 9.41. The quantitative estimate of drug-likeness (QED) is 0.484. The number of amides is 1. The van der Waals surface area contributed by atoms with E-state index in [1.165, 1.54) is 5.56 Å². The number of fused-ring (bicyclic) bond motifs is 1. The lowest BCUT2D eigenvalue weighted by molar-refractivity contribution is 0.0732. The van der Waals surface area contributed by atoms with Crippen molar-refractivity contribution in [2.45, 2.75) is 20.0 Å². The number of para-hydroxylation sites is 1. The number of aryl methyl sites for hydroxylation is 1. The van der Waals surface area contributed by atoms with Crippen molar-refractivity contribution < 1.29 is 18.9 Å². The van der Waals surface area contributed by atoms with Crippen molar-refractivity contribution in [2.24, 2.45) is 5.92 Å². The first-order valence-corrected chi connectivity index (χ1v) is 11.0. The summed E-state index contributed by atoms with van der Waals surface area (Å²) in [6.45, 7) is 4.23. The van der Waals surface area contributed by atoms with E-state index in [1.54, 1.807) is 19.1 Å². The first-order chi connectivity index (χ1) is 16.2. The van der Waals surface area contributed by atoms with E-state index in [0.717, 1.165) is 17.3 Å². The van der Waals surface area contributed by atoms with Gasteiger partial charge in [-0.3, -0.25) is 9.89 Å². The Bertz CT molecular complexity index is 1250. The largest absolute Gasteiger partial charge is 0.486 e. The fourth-order valence-electron chi connectivity index (χ4n) is 4.17. The van der Waals surface area contributed by atoms with Gasteiger partial charge in [0.2, 0.25) is 0 Å². The Morgan fingerprint density at radius 2 is 2.12 bits per heavy atom. The molecule has 5 rings (SSSR count). The van der Waals surface area contributed by atoms with Gasteiger partial charge >= 0.3 is 0 Å². The van der Waals surface area contributed by atoms with Gasteiger partial charge in [0.05, 0.1) is 30.5 Å². The van der Waals surface area contributed by atoms with Gasteiger partial charge in [-0.05, 0) is 37.1 Å². The van der Waals surface area contributed by atoms with Gasteiger partial charge in [-0.1, -0.05) is 34.6 Å². The molecule has 0 bridgehead atoms. The van der Waals surface area contributed by atoms with Gasteiger partial charge in [0.25, 0.3) is 5.91 Å². The molecule has 0 aliphatic carbocycles. The van der Waals surface area contributed by atoms with Crippen LogP contribution in [-0.4, -0.2) is 57.6 Å².